The van der Waals surface area contributed by atoms with Crippen LogP contribution in [0.25, 0.3) is 0 Å². The molecule has 0 spiro atoms. The number of hydrogen-bond acceptors (Lipinski definition) is 2. The van der Waals surface area contributed by atoms with Crippen molar-refractivity contribution in [2.45, 2.75) is 57.0 Å². The van der Waals surface area contributed by atoms with Gasteiger partial charge >= 0.3 is 0 Å². The third-order valence-corrected chi connectivity index (χ3v) is 4.56. The molecule has 0 aromatic carbocycles. The first-order chi connectivity index (χ1) is 8.83. The van der Waals surface area contributed by atoms with Crippen LogP contribution in [-0.2, 0) is 0 Å². The second-order valence-electron chi connectivity index (χ2n) is 6.03. The normalized spacial score (nSPS) is 28.7. The molecule has 0 amide bonds. The molecule has 18 heavy (non-hydrogen) atoms. The van der Waals surface area contributed by atoms with E-state index in [4.69, 9.17) is 5.73 Å². The molecule has 3 aliphatic rings. The van der Waals surface area contributed by atoms with Crippen LogP contribution >= 0.6 is 0 Å². The Labute approximate surface area is 110 Å². The topological polar surface area (TPSA) is 44.9 Å². The first kappa shape index (κ1) is 12.3. The molecule has 3 rings (SSSR count). The Kier molecular flexibility index (Phi) is 3.73. The lowest BCUT2D eigenvalue weighted by molar-refractivity contribution is 0.114. The molecule has 2 saturated heterocycles. The summed E-state index contributed by atoms with van der Waals surface area (Å²) in [7, 11) is 0. The summed E-state index contributed by atoms with van der Waals surface area (Å²) in [4.78, 5) is 9.55. The van der Waals surface area contributed by atoms with Crippen LogP contribution in [0, 0.1) is 0 Å². The first-order valence-electron chi connectivity index (χ1n) is 7.65. The lowest BCUT2D eigenvalue weighted by Gasteiger charge is -2.40. The van der Waals surface area contributed by atoms with Crippen molar-refractivity contribution in [1.29, 1.82) is 0 Å². The number of guanidine groups is 1. The highest BCUT2D eigenvalue weighted by Gasteiger charge is 2.27. The fraction of sp³-hybridized carbons (Fsp3) is 0.929. The zero-order chi connectivity index (χ0) is 12.4. The molecule has 0 radical (unpaired) electrons. The Balaban J connectivity index is 1.47. The largest absolute Gasteiger partial charge is 0.370 e. The summed E-state index contributed by atoms with van der Waals surface area (Å²) >= 11 is 0. The summed E-state index contributed by atoms with van der Waals surface area (Å²) in [6.45, 7) is 4.83. The summed E-state index contributed by atoms with van der Waals surface area (Å²) in [5.41, 5.74) is 6.08. The van der Waals surface area contributed by atoms with E-state index in [1.165, 1.54) is 58.0 Å². The van der Waals surface area contributed by atoms with Gasteiger partial charge in [0.2, 0.25) is 0 Å². The molecule has 0 aromatic rings. The highest BCUT2D eigenvalue weighted by molar-refractivity contribution is 5.78. The van der Waals surface area contributed by atoms with Gasteiger partial charge in [-0.2, -0.15) is 0 Å². The van der Waals surface area contributed by atoms with Gasteiger partial charge in [-0.25, -0.2) is 4.99 Å². The van der Waals surface area contributed by atoms with Crippen LogP contribution in [-0.4, -0.2) is 54.0 Å². The number of aliphatic imine (C=N–C) groups is 1. The number of nitrogens with two attached hydrogens (primary N) is 1. The van der Waals surface area contributed by atoms with E-state index in [1.807, 2.05) is 0 Å². The van der Waals surface area contributed by atoms with Crippen molar-refractivity contribution in [1.82, 2.24) is 9.80 Å². The van der Waals surface area contributed by atoms with Gasteiger partial charge in [-0.15, -0.1) is 0 Å². The molecule has 2 aliphatic heterocycles. The van der Waals surface area contributed by atoms with Crippen LogP contribution < -0.4 is 5.73 Å². The third-order valence-electron chi connectivity index (χ3n) is 4.56. The molecule has 3 fully saturated rings. The highest BCUT2D eigenvalue weighted by Crippen LogP contribution is 2.24. The number of rotatable bonds is 2. The Hall–Kier alpha value is -0.770. The first-order valence-corrected chi connectivity index (χ1v) is 7.65. The fourth-order valence-electron chi connectivity index (χ4n) is 3.22. The summed E-state index contributed by atoms with van der Waals surface area (Å²) in [6, 6.07) is 1.35. The minimum absolute atomic E-state index is 0.546. The van der Waals surface area contributed by atoms with Gasteiger partial charge < -0.3 is 15.5 Å². The van der Waals surface area contributed by atoms with Crippen molar-refractivity contribution in [2.24, 2.45) is 10.7 Å². The minimum atomic E-state index is 0.546. The molecule has 1 aliphatic carbocycles. The molecule has 0 aromatic heterocycles. The van der Waals surface area contributed by atoms with Gasteiger partial charge in [-0.3, -0.25) is 0 Å². The maximum absolute atomic E-state index is 6.08. The van der Waals surface area contributed by atoms with Crippen molar-refractivity contribution >= 4 is 5.96 Å². The molecule has 2 N–H and O–H groups in total. The van der Waals surface area contributed by atoms with Crippen LogP contribution in [0.3, 0.4) is 0 Å². The van der Waals surface area contributed by atoms with Gasteiger partial charge in [0.15, 0.2) is 5.96 Å². The van der Waals surface area contributed by atoms with E-state index in [0.717, 1.165) is 25.1 Å². The number of piperidine rings is 2. The maximum Gasteiger partial charge on any atom is 0.191 e. The zero-order valence-corrected chi connectivity index (χ0v) is 11.4. The summed E-state index contributed by atoms with van der Waals surface area (Å²) in [5, 5.41) is 0. The molecular formula is C14H26N4. The van der Waals surface area contributed by atoms with E-state index in [-0.39, 0.29) is 0 Å². The van der Waals surface area contributed by atoms with Crippen LogP contribution in [0.2, 0.25) is 0 Å². The molecule has 0 unspecified atom stereocenters. The molecule has 0 bridgehead atoms. The van der Waals surface area contributed by atoms with E-state index in [2.05, 4.69) is 14.8 Å². The van der Waals surface area contributed by atoms with Crippen molar-refractivity contribution in [3.05, 3.63) is 0 Å². The molecule has 0 atom stereocenters. The standard InChI is InChI=1S/C14H26N4/c15-14(16-12-4-5-12)18-10-6-13(7-11-18)17-8-2-1-3-9-17/h12-13H,1-11H2,(H2,15,16). The Bertz CT molecular complexity index is 297. The van der Waals surface area contributed by atoms with E-state index in [0.29, 0.717) is 6.04 Å². The van der Waals surface area contributed by atoms with Crippen LogP contribution in [0.5, 0.6) is 0 Å². The van der Waals surface area contributed by atoms with Crippen molar-refractivity contribution in [2.75, 3.05) is 26.2 Å². The Morgan fingerprint density at radius 3 is 2.17 bits per heavy atom. The fourth-order valence-corrected chi connectivity index (χ4v) is 3.22. The van der Waals surface area contributed by atoms with Gasteiger partial charge in [0, 0.05) is 19.1 Å². The zero-order valence-electron chi connectivity index (χ0n) is 11.4. The van der Waals surface area contributed by atoms with Gasteiger partial charge in [-0.05, 0) is 51.6 Å². The summed E-state index contributed by atoms with van der Waals surface area (Å²) in [5.74, 6) is 0.801. The van der Waals surface area contributed by atoms with Crippen LogP contribution in [0.4, 0.5) is 0 Å². The second kappa shape index (κ2) is 5.47. The average molecular weight is 250 g/mol. The van der Waals surface area contributed by atoms with Crippen LogP contribution in [0.15, 0.2) is 4.99 Å². The van der Waals surface area contributed by atoms with Crippen molar-refractivity contribution in [3.63, 3.8) is 0 Å². The number of hydrogen-bond donors (Lipinski definition) is 1. The van der Waals surface area contributed by atoms with Gasteiger partial charge in [0.1, 0.15) is 0 Å². The maximum atomic E-state index is 6.08. The molecule has 1 saturated carbocycles. The quantitative estimate of drug-likeness (QED) is 0.595. The predicted octanol–water partition coefficient (Wildman–Crippen LogP) is 1.41. The van der Waals surface area contributed by atoms with E-state index in [1.54, 1.807) is 0 Å². The number of likely N-dealkylation sites (tertiary alicyclic amines) is 2. The minimum Gasteiger partial charge on any atom is -0.370 e. The molecule has 2 heterocycles. The average Bonchev–Trinajstić information content (AvgIpc) is 3.24. The number of nitrogens with zero attached hydrogens (tertiary/aromatic N) is 3. The SMILES string of the molecule is NC(=NC1CC1)N1CCC(N2CCCCC2)CC1. The van der Waals surface area contributed by atoms with Crippen molar-refractivity contribution < 1.29 is 0 Å². The van der Waals surface area contributed by atoms with Crippen molar-refractivity contribution in [3.8, 4) is 0 Å². The lowest BCUT2D eigenvalue weighted by atomic mass is 10.0. The Morgan fingerprint density at radius 2 is 1.56 bits per heavy atom. The summed E-state index contributed by atoms with van der Waals surface area (Å²) in [6.07, 6.45) is 9.23. The predicted molar refractivity (Wildman–Crippen MR) is 74.7 cm³/mol. The van der Waals surface area contributed by atoms with Gasteiger partial charge in [-0.1, -0.05) is 6.42 Å². The molecular weight excluding hydrogens is 224 g/mol. The van der Waals surface area contributed by atoms with E-state index >= 15 is 0 Å². The molecule has 4 heteroatoms. The molecule has 102 valence electrons. The smallest absolute Gasteiger partial charge is 0.191 e. The summed E-state index contributed by atoms with van der Waals surface area (Å²) < 4.78 is 0. The van der Waals surface area contributed by atoms with E-state index in [9.17, 15) is 0 Å². The van der Waals surface area contributed by atoms with Gasteiger partial charge in [0.25, 0.3) is 0 Å². The molecule has 4 nitrogen and oxygen atoms in total. The van der Waals surface area contributed by atoms with E-state index < -0.39 is 0 Å². The highest BCUT2D eigenvalue weighted by atomic mass is 15.3. The van der Waals surface area contributed by atoms with Crippen LogP contribution in [0.1, 0.15) is 44.9 Å². The Morgan fingerprint density at radius 1 is 0.889 bits per heavy atom. The monoisotopic (exact) mass is 250 g/mol. The second-order valence-corrected chi connectivity index (χ2v) is 6.03. The van der Waals surface area contributed by atoms with Gasteiger partial charge in [0.05, 0.1) is 6.04 Å². The lowest BCUT2D eigenvalue weighted by Crippen LogP contribution is -2.50. The third kappa shape index (κ3) is 2.97.